The highest BCUT2D eigenvalue weighted by Crippen LogP contribution is 2.09. The van der Waals surface area contributed by atoms with Crippen molar-refractivity contribution in [3.05, 3.63) is 0 Å². The van der Waals surface area contributed by atoms with Gasteiger partial charge in [0.2, 0.25) is 5.91 Å². The topological polar surface area (TPSA) is 44.4 Å². The highest BCUT2D eigenvalue weighted by molar-refractivity contribution is 5.85. The van der Waals surface area contributed by atoms with Crippen molar-refractivity contribution in [1.29, 1.82) is 0 Å². The number of carbonyl (C=O) groups is 1. The molecular weight excluding hydrogens is 262 g/mol. The smallest absolute Gasteiger partial charge is 0.225 e. The fourth-order valence-electron chi connectivity index (χ4n) is 2.65. The van der Waals surface area contributed by atoms with Crippen LogP contribution in [0.15, 0.2) is 0 Å². The van der Waals surface area contributed by atoms with E-state index in [9.17, 15) is 4.79 Å². The second-order valence-electron chi connectivity index (χ2n) is 5.61. The summed E-state index contributed by atoms with van der Waals surface area (Å²) in [5.74, 6) is 0.475. The molecule has 112 valence electrons. The van der Waals surface area contributed by atoms with Crippen LogP contribution in [0.1, 0.15) is 38.5 Å². The molecule has 0 bridgehead atoms. The first kappa shape index (κ1) is 16.7. The van der Waals surface area contributed by atoms with Crippen molar-refractivity contribution in [3.63, 3.8) is 0 Å². The molecule has 2 saturated heterocycles. The Hall–Kier alpha value is -0.320. The van der Waals surface area contributed by atoms with Crippen molar-refractivity contribution in [2.75, 3.05) is 39.3 Å². The van der Waals surface area contributed by atoms with Gasteiger partial charge in [-0.1, -0.05) is 12.8 Å². The van der Waals surface area contributed by atoms with Crippen LogP contribution < -0.4 is 10.6 Å². The minimum atomic E-state index is 0. The lowest BCUT2D eigenvalue weighted by Gasteiger charge is -2.26. The van der Waals surface area contributed by atoms with Crippen molar-refractivity contribution in [2.24, 2.45) is 5.92 Å². The van der Waals surface area contributed by atoms with Crippen LogP contribution in [0.3, 0.4) is 0 Å². The zero-order chi connectivity index (χ0) is 12.6. The maximum atomic E-state index is 11.5. The van der Waals surface area contributed by atoms with Gasteiger partial charge in [0.25, 0.3) is 0 Å². The Morgan fingerprint density at radius 2 is 1.84 bits per heavy atom. The SMILES string of the molecule is Cl.O=C(NCCCCCN1CCCCC1)C1CNC1. The number of rotatable bonds is 7. The molecule has 2 heterocycles. The number of piperidine rings is 1. The molecule has 2 aliphatic rings. The molecule has 2 fully saturated rings. The van der Waals surface area contributed by atoms with Crippen LogP contribution >= 0.6 is 12.4 Å². The number of carbonyl (C=O) groups excluding carboxylic acids is 1. The van der Waals surface area contributed by atoms with Crippen LogP contribution in [0.5, 0.6) is 0 Å². The highest BCUT2D eigenvalue weighted by Gasteiger charge is 2.23. The summed E-state index contributed by atoms with van der Waals surface area (Å²) in [6.45, 7) is 6.42. The summed E-state index contributed by atoms with van der Waals surface area (Å²) in [6.07, 6.45) is 7.82. The Kier molecular flexibility index (Phi) is 8.42. The molecular formula is C14H28ClN3O. The van der Waals surface area contributed by atoms with Gasteiger partial charge in [-0.25, -0.2) is 0 Å². The second kappa shape index (κ2) is 9.56. The Morgan fingerprint density at radius 3 is 2.47 bits per heavy atom. The predicted molar refractivity (Wildman–Crippen MR) is 80.8 cm³/mol. The average Bonchev–Trinajstić information content (AvgIpc) is 2.33. The first-order chi connectivity index (χ1) is 8.86. The van der Waals surface area contributed by atoms with Gasteiger partial charge in [0, 0.05) is 19.6 Å². The van der Waals surface area contributed by atoms with E-state index in [4.69, 9.17) is 0 Å². The van der Waals surface area contributed by atoms with Crippen LogP contribution in [-0.4, -0.2) is 50.1 Å². The fraction of sp³-hybridized carbons (Fsp3) is 0.929. The molecule has 2 N–H and O–H groups in total. The third-order valence-electron chi connectivity index (χ3n) is 4.05. The molecule has 0 saturated carbocycles. The van der Waals surface area contributed by atoms with E-state index < -0.39 is 0 Å². The summed E-state index contributed by atoms with van der Waals surface area (Å²) in [7, 11) is 0. The largest absolute Gasteiger partial charge is 0.356 e. The van der Waals surface area contributed by atoms with Crippen molar-refractivity contribution in [2.45, 2.75) is 38.5 Å². The molecule has 4 nitrogen and oxygen atoms in total. The van der Waals surface area contributed by atoms with E-state index in [1.807, 2.05) is 0 Å². The van der Waals surface area contributed by atoms with E-state index in [1.165, 1.54) is 51.7 Å². The van der Waals surface area contributed by atoms with Crippen LogP contribution in [0.25, 0.3) is 0 Å². The number of nitrogens with zero attached hydrogens (tertiary/aromatic N) is 1. The van der Waals surface area contributed by atoms with Gasteiger partial charge in [-0.15, -0.1) is 12.4 Å². The molecule has 0 aromatic heterocycles. The molecule has 0 spiro atoms. The van der Waals surface area contributed by atoms with Gasteiger partial charge in [-0.3, -0.25) is 4.79 Å². The van der Waals surface area contributed by atoms with E-state index in [1.54, 1.807) is 0 Å². The lowest BCUT2D eigenvalue weighted by Crippen LogP contribution is -2.50. The van der Waals surface area contributed by atoms with Crippen molar-refractivity contribution >= 4 is 18.3 Å². The molecule has 0 aromatic rings. The lowest BCUT2D eigenvalue weighted by molar-refractivity contribution is -0.126. The van der Waals surface area contributed by atoms with Crippen molar-refractivity contribution in [1.82, 2.24) is 15.5 Å². The van der Waals surface area contributed by atoms with E-state index in [0.29, 0.717) is 0 Å². The molecule has 0 aromatic carbocycles. The van der Waals surface area contributed by atoms with Gasteiger partial charge >= 0.3 is 0 Å². The van der Waals surface area contributed by atoms with Gasteiger partial charge in [-0.2, -0.15) is 0 Å². The van der Waals surface area contributed by atoms with Gasteiger partial charge in [0.05, 0.1) is 5.92 Å². The van der Waals surface area contributed by atoms with E-state index in [2.05, 4.69) is 15.5 Å². The van der Waals surface area contributed by atoms with Gasteiger partial charge in [-0.05, 0) is 45.3 Å². The van der Waals surface area contributed by atoms with Gasteiger partial charge in [0.1, 0.15) is 0 Å². The van der Waals surface area contributed by atoms with Crippen LogP contribution in [0.4, 0.5) is 0 Å². The first-order valence-electron chi connectivity index (χ1n) is 7.57. The summed E-state index contributed by atoms with van der Waals surface area (Å²) in [5, 5.41) is 6.15. The zero-order valence-electron chi connectivity index (χ0n) is 11.8. The van der Waals surface area contributed by atoms with Crippen LogP contribution in [0, 0.1) is 5.92 Å². The number of unbranched alkanes of at least 4 members (excludes halogenated alkanes) is 2. The summed E-state index contributed by atoms with van der Waals surface area (Å²) >= 11 is 0. The molecule has 1 amide bonds. The summed E-state index contributed by atoms with van der Waals surface area (Å²) < 4.78 is 0. The quantitative estimate of drug-likeness (QED) is 0.697. The highest BCUT2D eigenvalue weighted by atomic mass is 35.5. The standard InChI is InChI=1S/C14H27N3O.ClH/c18-14(13-11-15-12-13)16-7-3-1-4-8-17-9-5-2-6-10-17;/h13,15H,1-12H2,(H,16,18);1H. The number of nitrogens with one attached hydrogen (secondary N) is 2. The normalized spacial score (nSPS) is 20.4. The maximum Gasteiger partial charge on any atom is 0.225 e. The number of hydrogen-bond acceptors (Lipinski definition) is 3. The Balaban J connectivity index is 0.00000180. The van der Waals surface area contributed by atoms with E-state index in [0.717, 1.165) is 26.1 Å². The average molecular weight is 290 g/mol. The van der Waals surface area contributed by atoms with Crippen LogP contribution in [-0.2, 0) is 4.79 Å². The minimum absolute atomic E-state index is 0. The number of hydrogen-bond donors (Lipinski definition) is 2. The Morgan fingerprint density at radius 1 is 1.11 bits per heavy atom. The molecule has 0 radical (unpaired) electrons. The molecule has 0 unspecified atom stereocenters. The number of likely N-dealkylation sites (tertiary alicyclic amines) is 1. The molecule has 2 aliphatic heterocycles. The lowest BCUT2D eigenvalue weighted by atomic mass is 10.0. The summed E-state index contributed by atoms with van der Waals surface area (Å²) in [5.41, 5.74) is 0. The molecule has 0 aliphatic carbocycles. The zero-order valence-corrected chi connectivity index (χ0v) is 12.6. The van der Waals surface area contributed by atoms with Crippen LogP contribution in [0.2, 0.25) is 0 Å². The second-order valence-corrected chi connectivity index (χ2v) is 5.61. The minimum Gasteiger partial charge on any atom is -0.356 e. The van der Waals surface area contributed by atoms with Gasteiger partial charge < -0.3 is 15.5 Å². The summed E-state index contributed by atoms with van der Waals surface area (Å²) in [4.78, 5) is 14.1. The van der Waals surface area contributed by atoms with E-state index in [-0.39, 0.29) is 24.2 Å². The fourth-order valence-corrected chi connectivity index (χ4v) is 2.65. The Bertz CT molecular complexity index is 253. The first-order valence-corrected chi connectivity index (χ1v) is 7.57. The Labute approximate surface area is 123 Å². The third-order valence-corrected chi connectivity index (χ3v) is 4.05. The number of amides is 1. The predicted octanol–water partition coefficient (Wildman–Crippen LogP) is 1.40. The summed E-state index contributed by atoms with van der Waals surface area (Å²) in [6, 6.07) is 0. The molecule has 19 heavy (non-hydrogen) atoms. The monoisotopic (exact) mass is 289 g/mol. The number of halogens is 1. The maximum absolute atomic E-state index is 11.5. The third kappa shape index (κ3) is 6.11. The van der Waals surface area contributed by atoms with Crippen molar-refractivity contribution in [3.8, 4) is 0 Å². The molecule has 5 heteroatoms. The molecule has 2 rings (SSSR count). The van der Waals surface area contributed by atoms with Crippen molar-refractivity contribution < 1.29 is 4.79 Å². The van der Waals surface area contributed by atoms with E-state index >= 15 is 0 Å². The molecule has 0 atom stereocenters. The van der Waals surface area contributed by atoms with Gasteiger partial charge in [0.15, 0.2) is 0 Å².